The van der Waals surface area contributed by atoms with Crippen molar-refractivity contribution < 1.29 is 18.0 Å². The minimum atomic E-state index is -3.91. The van der Waals surface area contributed by atoms with Crippen LogP contribution in [-0.4, -0.2) is 87.3 Å². The van der Waals surface area contributed by atoms with Gasteiger partial charge < -0.3 is 14.7 Å². The fourth-order valence-corrected chi connectivity index (χ4v) is 5.92. The zero-order valence-electron chi connectivity index (χ0n) is 18.8. The third kappa shape index (κ3) is 5.32. The van der Waals surface area contributed by atoms with Gasteiger partial charge in [-0.2, -0.15) is 4.72 Å². The summed E-state index contributed by atoms with van der Waals surface area (Å²) in [4.78, 5) is 31.2. The molecule has 2 heterocycles. The molecule has 2 saturated heterocycles. The minimum Gasteiger partial charge on any atom is -0.340 e. The Kier molecular flexibility index (Phi) is 6.95. The third-order valence-electron chi connectivity index (χ3n) is 6.48. The van der Waals surface area contributed by atoms with E-state index in [0.717, 1.165) is 17.2 Å². The number of sulfonamides is 1. The first kappa shape index (κ1) is 23.9. The molecule has 2 aromatic carbocycles. The standard InChI is InChI=1S/C23H29ClN4O4S/c1-26(2)19-9-11-27(14-19)22(29)15-28-10-3-4-21(23(28)30)25-33(31,32)20-8-6-16-12-18(24)7-5-17(16)13-20/h5-8,12-13,19,21,25H,3-4,9-11,14-15H2,1-2H3/t19?,21-/m0/s1. The second-order valence-electron chi connectivity index (χ2n) is 8.98. The monoisotopic (exact) mass is 492 g/mol. The maximum Gasteiger partial charge on any atom is 0.242 e. The first-order valence-electron chi connectivity index (χ1n) is 11.1. The van der Waals surface area contributed by atoms with Crippen molar-refractivity contribution in [2.24, 2.45) is 0 Å². The Balaban J connectivity index is 1.42. The van der Waals surface area contributed by atoms with Crippen LogP contribution in [-0.2, 0) is 19.6 Å². The molecule has 33 heavy (non-hydrogen) atoms. The maximum absolute atomic E-state index is 13.0. The van der Waals surface area contributed by atoms with Gasteiger partial charge in [0.2, 0.25) is 21.8 Å². The number of hydrogen-bond donors (Lipinski definition) is 1. The summed E-state index contributed by atoms with van der Waals surface area (Å²) in [5.41, 5.74) is 0. The number of likely N-dealkylation sites (N-methyl/N-ethyl adjacent to an activating group) is 1. The van der Waals surface area contributed by atoms with Crippen LogP contribution in [0.2, 0.25) is 5.02 Å². The van der Waals surface area contributed by atoms with E-state index in [4.69, 9.17) is 11.6 Å². The molecule has 0 radical (unpaired) electrons. The van der Waals surface area contributed by atoms with E-state index in [1.54, 1.807) is 35.2 Å². The third-order valence-corrected chi connectivity index (χ3v) is 8.19. The average molecular weight is 493 g/mol. The molecule has 1 unspecified atom stereocenters. The second kappa shape index (κ2) is 9.58. The summed E-state index contributed by atoms with van der Waals surface area (Å²) >= 11 is 6.00. The molecule has 1 N–H and O–H groups in total. The van der Waals surface area contributed by atoms with Crippen LogP contribution in [0.5, 0.6) is 0 Å². The van der Waals surface area contributed by atoms with Crippen LogP contribution in [0.4, 0.5) is 0 Å². The largest absolute Gasteiger partial charge is 0.340 e. The van der Waals surface area contributed by atoms with Crippen LogP contribution in [0.1, 0.15) is 19.3 Å². The number of fused-ring (bicyclic) bond motifs is 1. The molecule has 2 atom stereocenters. The van der Waals surface area contributed by atoms with Gasteiger partial charge in [0.1, 0.15) is 6.04 Å². The Morgan fingerprint density at radius 2 is 1.85 bits per heavy atom. The van der Waals surface area contributed by atoms with Crippen molar-refractivity contribution in [2.45, 2.75) is 36.2 Å². The summed E-state index contributed by atoms with van der Waals surface area (Å²) in [6.45, 7) is 1.75. The van der Waals surface area contributed by atoms with Crippen molar-refractivity contribution in [3.63, 3.8) is 0 Å². The molecule has 0 saturated carbocycles. The van der Waals surface area contributed by atoms with Gasteiger partial charge in [-0.3, -0.25) is 9.59 Å². The van der Waals surface area contributed by atoms with Gasteiger partial charge in [-0.1, -0.05) is 23.7 Å². The number of benzene rings is 2. The predicted octanol–water partition coefficient (Wildman–Crippen LogP) is 1.92. The van der Waals surface area contributed by atoms with Crippen molar-refractivity contribution in [3.05, 3.63) is 41.4 Å². The number of piperidine rings is 1. The normalized spacial score (nSPS) is 21.9. The molecular formula is C23H29ClN4O4S. The molecule has 2 fully saturated rings. The quantitative estimate of drug-likeness (QED) is 0.665. The smallest absolute Gasteiger partial charge is 0.242 e. The molecule has 10 heteroatoms. The first-order valence-corrected chi connectivity index (χ1v) is 12.9. The topological polar surface area (TPSA) is 90.0 Å². The molecule has 0 aliphatic carbocycles. The van der Waals surface area contributed by atoms with Crippen LogP contribution in [0.3, 0.4) is 0 Å². The summed E-state index contributed by atoms with van der Waals surface area (Å²) < 4.78 is 28.6. The molecule has 8 nitrogen and oxygen atoms in total. The van der Waals surface area contributed by atoms with E-state index in [2.05, 4.69) is 9.62 Å². The predicted molar refractivity (Wildman–Crippen MR) is 128 cm³/mol. The summed E-state index contributed by atoms with van der Waals surface area (Å²) in [5, 5.41) is 2.15. The van der Waals surface area contributed by atoms with E-state index >= 15 is 0 Å². The summed E-state index contributed by atoms with van der Waals surface area (Å²) in [6.07, 6.45) is 1.94. The van der Waals surface area contributed by atoms with E-state index < -0.39 is 16.1 Å². The van der Waals surface area contributed by atoms with Crippen LogP contribution < -0.4 is 4.72 Å². The zero-order valence-corrected chi connectivity index (χ0v) is 20.4. The lowest BCUT2D eigenvalue weighted by molar-refractivity contribution is -0.142. The number of nitrogens with zero attached hydrogens (tertiary/aromatic N) is 3. The highest BCUT2D eigenvalue weighted by atomic mass is 35.5. The zero-order chi connectivity index (χ0) is 23.8. The van der Waals surface area contributed by atoms with Crippen molar-refractivity contribution in [2.75, 3.05) is 40.3 Å². The molecule has 2 aliphatic rings. The fraction of sp³-hybridized carbons (Fsp3) is 0.478. The number of halogens is 1. The van der Waals surface area contributed by atoms with Crippen molar-refractivity contribution in [1.29, 1.82) is 0 Å². The van der Waals surface area contributed by atoms with Gasteiger partial charge >= 0.3 is 0 Å². The van der Waals surface area contributed by atoms with Gasteiger partial charge in [0.25, 0.3) is 0 Å². The van der Waals surface area contributed by atoms with Crippen LogP contribution in [0.25, 0.3) is 10.8 Å². The molecule has 2 aliphatic heterocycles. The maximum atomic E-state index is 13.0. The molecule has 0 aromatic heterocycles. The van der Waals surface area contributed by atoms with Gasteiger partial charge in [-0.05, 0) is 68.4 Å². The first-order chi connectivity index (χ1) is 15.6. The highest BCUT2D eigenvalue weighted by molar-refractivity contribution is 7.89. The lowest BCUT2D eigenvalue weighted by atomic mass is 10.1. The Morgan fingerprint density at radius 1 is 1.12 bits per heavy atom. The summed E-state index contributed by atoms with van der Waals surface area (Å²) in [5.74, 6) is -0.446. The van der Waals surface area contributed by atoms with E-state index in [0.29, 0.717) is 43.5 Å². The molecule has 2 aromatic rings. The van der Waals surface area contributed by atoms with Crippen molar-refractivity contribution in [3.8, 4) is 0 Å². The van der Waals surface area contributed by atoms with Crippen molar-refractivity contribution >= 4 is 44.2 Å². The highest BCUT2D eigenvalue weighted by Gasteiger charge is 2.35. The molecule has 4 rings (SSSR count). The molecule has 0 spiro atoms. The minimum absolute atomic E-state index is 0.0199. The number of likely N-dealkylation sites (tertiary alicyclic amines) is 2. The Bertz CT molecular complexity index is 1170. The van der Waals surface area contributed by atoms with Gasteiger partial charge in [-0.25, -0.2) is 8.42 Å². The van der Waals surface area contributed by atoms with E-state index in [-0.39, 0.29) is 23.3 Å². The average Bonchev–Trinajstić information content (AvgIpc) is 3.27. The Morgan fingerprint density at radius 3 is 2.58 bits per heavy atom. The number of nitrogens with one attached hydrogen (secondary N) is 1. The number of hydrogen-bond acceptors (Lipinski definition) is 5. The summed E-state index contributed by atoms with van der Waals surface area (Å²) in [7, 11) is 0.0784. The lowest BCUT2D eigenvalue weighted by Crippen LogP contribution is -2.54. The van der Waals surface area contributed by atoms with Crippen LogP contribution in [0, 0.1) is 0 Å². The van der Waals surface area contributed by atoms with Gasteiger partial charge in [0, 0.05) is 30.7 Å². The molecular weight excluding hydrogens is 464 g/mol. The fourth-order valence-electron chi connectivity index (χ4n) is 4.48. The number of carbonyl (C=O) groups excluding carboxylic acids is 2. The van der Waals surface area contributed by atoms with E-state index in [1.807, 2.05) is 14.1 Å². The Labute approximate surface area is 199 Å². The molecule has 2 amide bonds. The van der Waals surface area contributed by atoms with Gasteiger partial charge in [0.05, 0.1) is 11.4 Å². The molecule has 178 valence electrons. The van der Waals surface area contributed by atoms with Crippen LogP contribution >= 0.6 is 11.6 Å². The number of rotatable bonds is 6. The molecule has 0 bridgehead atoms. The van der Waals surface area contributed by atoms with Crippen molar-refractivity contribution in [1.82, 2.24) is 19.4 Å². The SMILES string of the molecule is CN(C)C1CCN(C(=O)CN2CCC[C@H](NS(=O)(=O)c3ccc4cc(Cl)ccc4c3)C2=O)C1. The number of amides is 2. The summed E-state index contributed by atoms with van der Waals surface area (Å²) in [6, 6.07) is 9.43. The van der Waals surface area contributed by atoms with Gasteiger partial charge in [0.15, 0.2) is 0 Å². The van der Waals surface area contributed by atoms with Gasteiger partial charge in [-0.15, -0.1) is 0 Å². The van der Waals surface area contributed by atoms with Crippen LogP contribution in [0.15, 0.2) is 41.3 Å². The highest BCUT2D eigenvalue weighted by Crippen LogP contribution is 2.24. The van der Waals surface area contributed by atoms with E-state index in [9.17, 15) is 18.0 Å². The second-order valence-corrected chi connectivity index (χ2v) is 11.1. The number of carbonyl (C=O) groups is 2. The lowest BCUT2D eigenvalue weighted by Gasteiger charge is -2.33. The van der Waals surface area contributed by atoms with E-state index in [1.165, 1.54) is 11.0 Å². The Hall–Kier alpha value is -2.20.